The van der Waals surface area contributed by atoms with Crippen molar-refractivity contribution in [1.82, 2.24) is 5.06 Å². The number of hydroxylamine groups is 2. The van der Waals surface area contributed by atoms with Crippen molar-refractivity contribution in [3.8, 4) is 0 Å². The van der Waals surface area contributed by atoms with Crippen LogP contribution in [-0.4, -0.2) is 42.4 Å². The van der Waals surface area contributed by atoms with E-state index in [1.54, 1.807) is 0 Å². The average Bonchev–Trinajstić information content (AvgIpc) is 2.15. The van der Waals surface area contributed by atoms with Gasteiger partial charge in [0.25, 0.3) is 5.91 Å². The monoisotopic (exact) mass is 188 g/mol. The van der Waals surface area contributed by atoms with Gasteiger partial charge in [-0.3, -0.25) is 9.63 Å². The highest BCUT2D eigenvalue weighted by Gasteiger charge is 2.34. The van der Waals surface area contributed by atoms with Gasteiger partial charge in [0.05, 0.1) is 13.7 Å². The average molecular weight is 188 g/mol. The number of amides is 1. The fourth-order valence-corrected chi connectivity index (χ4v) is 0.663. The van der Waals surface area contributed by atoms with Crippen molar-refractivity contribution in [2.75, 3.05) is 20.8 Å². The first kappa shape index (κ1) is 11.7. The highest BCUT2D eigenvalue weighted by molar-refractivity contribution is 5.85. The Hall–Kier alpha value is -1.30. The Morgan fingerprint density at radius 2 is 2.38 bits per heavy atom. The fraction of sp³-hybridized carbons (Fsp3) is 0.833. The molecule has 7 heteroatoms. The van der Waals surface area contributed by atoms with Gasteiger partial charge in [-0.2, -0.15) is 0 Å². The van der Waals surface area contributed by atoms with Gasteiger partial charge < -0.3 is 5.11 Å². The van der Waals surface area contributed by atoms with E-state index in [1.807, 2.05) is 0 Å². The molecule has 0 saturated carbocycles. The molecule has 0 bridgehead atoms. The van der Waals surface area contributed by atoms with Crippen molar-refractivity contribution in [3.05, 3.63) is 10.4 Å². The van der Waals surface area contributed by atoms with Crippen LogP contribution in [0.25, 0.3) is 10.4 Å². The highest BCUT2D eigenvalue weighted by Crippen LogP contribution is 2.13. The van der Waals surface area contributed by atoms with Crippen LogP contribution in [0.4, 0.5) is 0 Å². The zero-order valence-electron chi connectivity index (χ0n) is 7.76. The van der Waals surface area contributed by atoms with Gasteiger partial charge in [-0.05, 0) is 12.5 Å². The minimum atomic E-state index is -1.50. The molecule has 1 N–H and O–H groups in total. The summed E-state index contributed by atoms with van der Waals surface area (Å²) in [6.07, 6.45) is 0. The third-order valence-corrected chi connectivity index (χ3v) is 1.59. The molecule has 0 heterocycles. The molecule has 0 saturated heterocycles. The number of carbonyl (C=O) groups is 1. The molecule has 1 atom stereocenters. The Labute approximate surface area is 75.5 Å². The van der Waals surface area contributed by atoms with Gasteiger partial charge in [0.15, 0.2) is 0 Å². The van der Waals surface area contributed by atoms with Crippen LogP contribution in [0.5, 0.6) is 0 Å². The second-order valence-corrected chi connectivity index (χ2v) is 2.61. The van der Waals surface area contributed by atoms with Crippen molar-refractivity contribution in [1.29, 1.82) is 0 Å². The Morgan fingerprint density at radius 3 is 2.69 bits per heavy atom. The highest BCUT2D eigenvalue weighted by atomic mass is 16.7. The van der Waals surface area contributed by atoms with Crippen LogP contribution in [-0.2, 0) is 9.63 Å². The minimum Gasteiger partial charge on any atom is -0.395 e. The van der Waals surface area contributed by atoms with Gasteiger partial charge in [0.2, 0.25) is 0 Å². The van der Waals surface area contributed by atoms with Crippen LogP contribution in [0.1, 0.15) is 6.92 Å². The fourth-order valence-electron chi connectivity index (χ4n) is 0.663. The number of rotatable bonds is 4. The first-order valence-electron chi connectivity index (χ1n) is 3.51. The second-order valence-electron chi connectivity index (χ2n) is 2.61. The molecular weight excluding hydrogens is 176 g/mol. The first-order chi connectivity index (χ1) is 6.01. The predicted octanol–water partition coefficient (Wildman–Crippen LogP) is 0.0675. The van der Waals surface area contributed by atoms with E-state index >= 15 is 0 Å². The van der Waals surface area contributed by atoms with Gasteiger partial charge >= 0.3 is 0 Å². The van der Waals surface area contributed by atoms with Gasteiger partial charge in [-0.1, -0.05) is 5.11 Å². The lowest BCUT2D eigenvalue weighted by Gasteiger charge is -2.24. The van der Waals surface area contributed by atoms with Crippen molar-refractivity contribution in [2.24, 2.45) is 5.11 Å². The summed E-state index contributed by atoms with van der Waals surface area (Å²) in [6.45, 7) is 0.758. The van der Waals surface area contributed by atoms with E-state index in [0.29, 0.717) is 0 Å². The number of azide groups is 1. The molecule has 0 aromatic rings. The molecule has 0 aromatic carbocycles. The molecule has 1 unspecified atom stereocenters. The molecule has 13 heavy (non-hydrogen) atoms. The number of hydrogen-bond acceptors (Lipinski definition) is 4. The lowest BCUT2D eigenvalue weighted by atomic mass is 10.0. The summed E-state index contributed by atoms with van der Waals surface area (Å²) in [4.78, 5) is 18.5. The summed E-state index contributed by atoms with van der Waals surface area (Å²) in [5.41, 5.74) is 6.67. The van der Waals surface area contributed by atoms with Crippen molar-refractivity contribution < 1.29 is 14.7 Å². The van der Waals surface area contributed by atoms with Crippen LogP contribution >= 0.6 is 0 Å². The van der Waals surface area contributed by atoms with Gasteiger partial charge in [0, 0.05) is 12.0 Å². The molecule has 0 fully saturated rings. The van der Waals surface area contributed by atoms with Crippen LogP contribution in [0.15, 0.2) is 5.11 Å². The SMILES string of the molecule is CON(C)C(=O)C(C)(CO)N=[N+]=[N-]. The summed E-state index contributed by atoms with van der Waals surface area (Å²) in [5.74, 6) is -0.602. The number of nitrogens with zero attached hydrogens (tertiary/aromatic N) is 4. The number of hydrogen-bond donors (Lipinski definition) is 1. The molecule has 0 rings (SSSR count). The maximum atomic E-state index is 11.4. The molecule has 0 aromatic heterocycles. The Morgan fingerprint density at radius 1 is 1.85 bits per heavy atom. The van der Waals surface area contributed by atoms with Crippen LogP contribution in [0.3, 0.4) is 0 Å². The lowest BCUT2D eigenvalue weighted by molar-refractivity contribution is -0.175. The predicted molar refractivity (Wildman–Crippen MR) is 44.4 cm³/mol. The second kappa shape index (κ2) is 4.66. The molecule has 0 aliphatic rings. The van der Waals surface area contributed by atoms with E-state index in [-0.39, 0.29) is 0 Å². The normalized spacial score (nSPS) is 14.2. The topological polar surface area (TPSA) is 98.5 Å². The van der Waals surface area contributed by atoms with E-state index in [0.717, 1.165) is 5.06 Å². The quantitative estimate of drug-likeness (QED) is 0.292. The number of aliphatic hydroxyl groups excluding tert-OH is 1. The smallest absolute Gasteiger partial charge is 0.260 e. The van der Waals surface area contributed by atoms with E-state index in [1.165, 1.54) is 21.1 Å². The van der Waals surface area contributed by atoms with Crippen LogP contribution in [0, 0.1) is 0 Å². The number of carbonyl (C=O) groups excluding carboxylic acids is 1. The molecule has 1 amide bonds. The van der Waals surface area contributed by atoms with Crippen molar-refractivity contribution in [3.63, 3.8) is 0 Å². The zero-order chi connectivity index (χ0) is 10.5. The molecule has 0 spiro atoms. The summed E-state index contributed by atoms with van der Waals surface area (Å²) in [5, 5.41) is 13.0. The molecule has 74 valence electrons. The molecular formula is C6H12N4O3. The van der Waals surface area contributed by atoms with Gasteiger partial charge in [0.1, 0.15) is 5.54 Å². The van der Waals surface area contributed by atoms with Crippen LogP contribution < -0.4 is 0 Å². The first-order valence-corrected chi connectivity index (χ1v) is 3.51. The van der Waals surface area contributed by atoms with Crippen molar-refractivity contribution >= 4 is 5.91 Å². The van der Waals surface area contributed by atoms with Crippen molar-refractivity contribution in [2.45, 2.75) is 12.5 Å². The standard InChI is InChI=1S/C6H12N4O3/c1-6(4-11,8-9-7)5(12)10(2)13-3/h11H,4H2,1-3H3. The summed E-state index contributed by atoms with van der Waals surface area (Å²) in [6, 6.07) is 0. The summed E-state index contributed by atoms with van der Waals surface area (Å²) in [7, 11) is 2.66. The molecule has 0 aliphatic carbocycles. The number of aliphatic hydroxyl groups is 1. The third kappa shape index (κ3) is 2.59. The van der Waals surface area contributed by atoms with Crippen LogP contribution in [0.2, 0.25) is 0 Å². The summed E-state index contributed by atoms with van der Waals surface area (Å²) >= 11 is 0. The largest absolute Gasteiger partial charge is 0.395 e. The van der Waals surface area contributed by atoms with E-state index in [9.17, 15) is 4.79 Å². The Balaban J connectivity index is 4.76. The van der Waals surface area contributed by atoms with E-state index < -0.39 is 18.1 Å². The van der Waals surface area contributed by atoms with Gasteiger partial charge in [-0.25, -0.2) is 5.06 Å². The maximum Gasteiger partial charge on any atom is 0.260 e. The van der Waals surface area contributed by atoms with E-state index in [2.05, 4.69) is 14.9 Å². The summed E-state index contributed by atoms with van der Waals surface area (Å²) < 4.78 is 0. The number of likely N-dealkylation sites (N-methyl/N-ethyl adjacent to an activating group) is 1. The Bertz CT molecular complexity index is 238. The Kier molecular flexibility index (Phi) is 4.19. The minimum absolute atomic E-state index is 0.566. The lowest BCUT2D eigenvalue weighted by Crippen LogP contribution is -2.45. The zero-order valence-corrected chi connectivity index (χ0v) is 7.76. The van der Waals surface area contributed by atoms with Gasteiger partial charge in [-0.15, -0.1) is 0 Å². The molecule has 0 radical (unpaired) electrons. The third-order valence-electron chi connectivity index (χ3n) is 1.59. The van der Waals surface area contributed by atoms with E-state index in [4.69, 9.17) is 10.6 Å². The molecule has 7 nitrogen and oxygen atoms in total. The molecule has 0 aliphatic heterocycles. The maximum absolute atomic E-state index is 11.4.